The number of carbonyl (C=O) groups excluding carboxylic acids is 1. The van der Waals surface area contributed by atoms with Gasteiger partial charge in [-0.1, -0.05) is 60.7 Å². The van der Waals surface area contributed by atoms with Crippen molar-refractivity contribution < 1.29 is 4.79 Å². The van der Waals surface area contributed by atoms with Crippen molar-refractivity contribution in [2.24, 2.45) is 0 Å². The zero-order chi connectivity index (χ0) is 22.3. The molecule has 0 aliphatic rings. The SMILES string of the molecule is Cc1nc(-c2ccccc2)sc1-c1ccc(=O)n(CCNC(=O)/C=C/c2ccccc2)n1. The summed E-state index contributed by atoms with van der Waals surface area (Å²) in [5.41, 5.74) is 3.34. The second-order valence-electron chi connectivity index (χ2n) is 7.11. The van der Waals surface area contributed by atoms with Crippen molar-refractivity contribution in [2.45, 2.75) is 13.5 Å². The van der Waals surface area contributed by atoms with Gasteiger partial charge >= 0.3 is 0 Å². The normalized spacial score (nSPS) is 11.0. The molecule has 2 aromatic carbocycles. The van der Waals surface area contributed by atoms with E-state index < -0.39 is 0 Å². The fraction of sp³-hybridized carbons (Fsp3) is 0.120. The van der Waals surface area contributed by atoms with E-state index in [2.05, 4.69) is 15.4 Å². The number of thiazole rings is 1. The Morgan fingerprint density at radius 1 is 1.03 bits per heavy atom. The number of nitrogens with one attached hydrogen (secondary N) is 1. The lowest BCUT2D eigenvalue weighted by Gasteiger charge is -2.07. The molecule has 2 aromatic heterocycles. The lowest BCUT2D eigenvalue weighted by molar-refractivity contribution is -0.116. The molecule has 160 valence electrons. The van der Waals surface area contributed by atoms with E-state index in [4.69, 9.17) is 0 Å². The largest absolute Gasteiger partial charge is 0.351 e. The third-order valence-electron chi connectivity index (χ3n) is 4.77. The molecule has 0 aliphatic carbocycles. The Morgan fingerprint density at radius 2 is 1.75 bits per heavy atom. The van der Waals surface area contributed by atoms with Crippen LogP contribution in [0.3, 0.4) is 0 Å². The van der Waals surface area contributed by atoms with Crippen molar-refractivity contribution >= 4 is 23.3 Å². The minimum Gasteiger partial charge on any atom is -0.351 e. The number of hydrogen-bond acceptors (Lipinski definition) is 5. The molecule has 0 radical (unpaired) electrons. The minimum atomic E-state index is -0.219. The summed E-state index contributed by atoms with van der Waals surface area (Å²) < 4.78 is 1.37. The molecular weight excluding hydrogens is 420 g/mol. The van der Waals surface area contributed by atoms with Gasteiger partial charge in [0.15, 0.2) is 0 Å². The van der Waals surface area contributed by atoms with Crippen LogP contribution < -0.4 is 10.9 Å². The zero-order valence-electron chi connectivity index (χ0n) is 17.6. The van der Waals surface area contributed by atoms with Crippen LogP contribution in [0.4, 0.5) is 0 Å². The predicted octanol–water partition coefficient (Wildman–Crippen LogP) is 4.17. The fourth-order valence-electron chi connectivity index (χ4n) is 3.15. The van der Waals surface area contributed by atoms with Gasteiger partial charge in [0.2, 0.25) is 5.91 Å². The first-order valence-electron chi connectivity index (χ1n) is 10.2. The van der Waals surface area contributed by atoms with E-state index in [0.717, 1.165) is 26.7 Å². The number of benzene rings is 2. The second-order valence-corrected chi connectivity index (χ2v) is 8.11. The third-order valence-corrected chi connectivity index (χ3v) is 6.00. The Balaban J connectivity index is 1.43. The topological polar surface area (TPSA) is 76.9 Å². The molecule has 0 fully saturated rings. The smallest absolute Gasteiger partial charge is 0.266 e. The number of aryl methyl sites for hydroxylation is 1. The molecule has 4 rings (SSSR count). The van der Waals surface area contributed by atoms with E-state index in [0.29, 0.717) is 12.2 Å². The van der Waals surface area contributed by atoms with Gasteiger partial charge in [0, 0.05) is 24.3 Å². The lowest BCUT2D eigenvalue weighted by atomic mass is 10.2. The molecule has 1 N–H and O–H groups in total. The second kappa shape index (κ2) is 9.98. The van der Waals surface area contributed by atoms with E-state index in [1.807, 2.05) is 67.6 Å². The summed E-state index contributed by atoms with van der Waals surface area (Å²) in [6.45, 7) is 2.51. The molecule has 0 atom stereocenters. The van der Waals surface area contributed by atoms with Crippen LogP contribution in [0.5, 0.6) is 0 Å². The van der Waals surface area contributed by atoms with Crippen molar-refractivity contribution in [3.63, 3.8) is 0 Å². The Morgan fingerprint density at radius 3 is 2.50 bits per heavy atom. The predicted molar refractivity (Wildman–Crippen MR) is 128 cm³/mol. The summed E-state index contributed by atoms with van der Waals surface area (Å²) in [5.74, 6) is -0.219. The summed E-state index contributed by atoms with van der Waals surface area (Å²) in [4.78, 5) is 29.9. The van der Waals surface area contributed by atoms with E-state index in [1.165, 1.54) is 16.8 Å². The monoisotopic (exact) mass is 442 g/mol. The highest BCUT2D eigenvalue weighted by atomic mass is 32.1. The van der Waals surface area contributed by atoms with Crippen LogP contribution in [0.25, 0.3) is 27.2 Å². The Hall–Kier alpha value is -3.84. The molecule has 0 unspecified atom stereocenters. The first kappa shape index (κ1) is 21.4. The number of aromatic nitrogens is 3. The standard InChI is InChI=1S/C25H22N4O2S/c1-18-24(32-25(27-18)20-10-6-3-7-11-20)21-13-15-23(31)29(28-21)17-16-26-22(30)14-12-19-8-4-2-5-9-19/h2-15H,16-17H2,1H3,(H,26,30)/b14-12+. The van der Waals surface area contributed by atoms with E-state index in [1.54, 1.807) is 23.5 Å². The van der Waals surface area contributed by atoms with Gasteiger partial charge in [-0.25, -0.2) is 9.67 Å². The summed E-state index contributed by atoms with van der Waals surface area (Å²) in [5, 5.41) is 8.21. The van der Waals surface area contributed by atoms with Gasteiger partial charge in [0.25, 0.3) is 5.56 Å². The van der Waals surface area contributed by atoms with E-state index in [9.17, 15) is 9.59 Å². The average Bonchev–Trinajstić information content (AvgIpc) is 3.22. The Labute approximate surface area is 189 Å². The van der Waals surface area contributed by atoms with Crippen molar-refractivity contribution in [3.05, 3.63) is 100 Å². The van der Waals surface area contributed by atoms with E-state index >= 15 is 0 Å². The summed E-state index contributed by atoms with van der Waals surface area (Å²) >= 11 is 1.55. The molecular formula is C25H22N4O2S. The fourth-order valence-corrected chi connectivity index (χ4v) is 4.19. The molecule has 0 bridgehead atoms. The van der Waals surface area contributed by atoms with Crippen LogP contribution in [0.1, 0.15) is 11.3 Å². The quantitative estimate of drug-likeness (QED) is 0.436. The number of hydrogen-bond donors (Lipinski definition) is 1. The van der Waals surface area contributed by atoms with Crippen molar-refractivity contribution in [2.75, 3.05) is 6.54 Å². The molecule has 0 saturated carbocycles. The van der Waals surface area contributed by atoms with Crippen LogP contribution in [-0.2, 0) is 11.3 Å². The van der Waals surface area contributed by atoms with Crippen LogP contribution >= 0.6 is 11.3 Å². The Kier molecular flexibility index (Phi) is 6.67. The van der Waals surface area contributed by atoms with Crippen LogP contribution in [-0.4, -0.2) is 27.2 Å². The van der Waals surface area contributed by atoms with Gasteiger partial charge in [-0.2, -0.15) is 5.10 Å². The van der Waals surface area contributed by atoms with Crippen molar-refractivity contribution in [3.8, 4) is 21.1 Å². The molecule has 7 heteroatoms. The van der Waals surface area contributed by atoms with Gasteiger partial charge in [-0.3, -0.25) is 9.59 Å². The third kappa shape index (κ3) is 5.25. The number of amides is 1. The maximum absolute atomic E-state index is 12.3. The van der Waals surface area contributed by atoms with Crippen LogP contribution in [0, 0.1) is 6.92 Å². The minimum absolute atomic E-state index is 0.215. The summed E-state index contributed by atoms with van der Waals surface area (Å²) in [6.07, 6.45) is 3.23. The lowest BCUT2D eigenvalue weighted by Crippen LogP contribution is -2.31. The average molecular weight is 443 g/mol. The van der Waals surface area contributed by atoms with Crippen LogP contribution in [0.2, 0.25) is 0 Å². The number of carbonyl (C=O) groups is 1. The molecule has 6 nitrogen and oxygen atoms in total. The van der Waals surface area contributed by atoms with Gasteiger partial charge in [0.1, 0.15) is 10.7 Å². The highest BCUT2D eigenvalue weighted by molar-refractivity contribution is 7.18. The zero-order valence-corrected chi connectivity index (χ0v) is 18.4. The number of nitrogens with zero attached hydrogens (tertiary/aromatic N) is 3. The maximum Gasteiger partial charge on any atom is 0.266 e. The number of rotatable bonds is 7. The Bertz CT molecular complexity index is 1290. The maximum atomic E-state index is 12.3. The molecule has 0 aliphatic heterocycles. The highest BCUT2D eigenvalue weighted by Gasteiger charge is 2.13. The molecule has 2 heterocycles. The molecule has 0 spiro atoms. The highest BCUT2D eigenvalue weighted by Crippen LogP contribution is 2.33. The molecule has 1 amide bonds. The molecule has 32 heavy (non-hydrogen) atoms. The van der Waals surface area contributed by atoms with Gasteiger partial charge in [-0.15, -0.1) is 11.3 Å². The molecule has 4 aromatic rings. The van der Waals surface area contributed by atoms with Crippen LogP contribution in [0.15, 0.2) is 83.7 Å². The first-order chi connectivity index (χ1) is 15.6. The summed E-state index contributed by atoms with van der Waals surface area (Å²) in [6, 6.07) is 22.8. The van der Waals surface area contributed by atoms with Crippen molar-refractivity contribution in [1.29, 1.82) is 0 Å². The first-order valence-corrected chi connectivity index (χ1v) is 11.0. The van der Waals surface area contributed by atoms with Gasteiger partial charge < -0.3 is 5.32 Å². The van der Waals surface area contributed by atoms with Crippen molar-refractivity contribution in [1.82, 2.24) is 20.1 Å². The molecule has 0 saturated heterocycles. The van der Waals surface area contributed by atoms with Gasteiger partial charge in [0.05, 0.1) is 17.1 Å². The van der Waals surface area contributed by atoms with E-state index in [-0.39, 0.29) is 18.0 Å². The summed E-state index contributed by atoms with van der Waals surface area (Å²) in [7, 11) is 0. The van der Waals surface area contributed by atoms with Gasteiger partial charge in [-0.05, 0) is 24.6 Å².